The molecule has 3 rings (SSSR count). The Morgan fingerprint density at radius 1 is 1.18 bits per heavy atom. The summed E-state index contributed by atoms with van der Waals surface area (Å²) in [6, 6.07) is 11.5. The Kier molecular flexibility index (Phi) is 4.98. The van der Waals surface area contributed by atoms with E-state index in [0.717, 1.165) is 19.0 Å². The van der Waals surface area contributed by atoms with Crippen molar-refractivity contribution < 1.29 is 4.79 Å². The van der Waals surface area contributed by atoms with Gasteiger partial charge in [-0.25, -0.2) is 4.79 Å². The zero-order valence-corrected chi connectivity index (χ0v) is 13.5. The first kappa shape index (κ1) is 15.3. The van der Waals surface area contributed by atoms with Crippen LogP contribution in [0, 0.1) is 5.92 Å². The number of likely N-dealkylation sites (tertiary alicyclic amines) is 2. The molecule has 0 saturated carbocycles. The molecule has 2 aliphatic rings. The molecule has 0 atom stereocenters. The molecule has 0 aromatic heterocycles. The SMILES string of the molecule is CCNC(=O)N1CC(N2CCC(Cc3ccccc3)CC2)C1. The van der Waals surface area contributed by atoms with Gasteiger partial charge in [-0.15, -0.1) is 0 Å². The number of rotatable bonds is 4. The van der Waals surface area contributed by atoms with Crippen LogP contribution in [0.5, 0.6) is 0 Å². The zero-order valence-electron chi connectivity index (χ0n) is 13.5. The number of carbonyl (C=O) groups is 1. The van der Waals surface area contributed by atoms with E-state index in [2.05, 4.69) is 40.5 Å². The predicted molar refractivity (Wildman–Crippen MR) is 88.9 cm³/mol. The fourth-order valence-electron chi connectivity index (χ4n) is 3.58. The number of urea groups is 1. The lowest BCUT2D eigenvalue weighted by molar-refractivity contribution is 0.0349. The topological polar surface area (TPSA) is 35.6 Å². The highest BCUT2D eigenvalue weighted by Crippen LogP contribution is 2.25. The largest absolute Gasteiger partial charge is 0.338 e. The summed E-state index contributed by atoms with van der Waals surface area (Å²) in [5.41, 5.74) is 1.46. The van der Waals surface area contributed by atoms with Gasteiger partial charge in [0.15, 0.2) is 0 Å². The van der Waals surface area contributed by atoms with Crippen molar-refractivity contribution in [2.45, 2.75) is 32.2 Å². The summed E-state index contributed by atoms with van der Waals surface area (Å²) in [4.78, 5) is 16.2. The lowest BCUT2D eigenvalue weighted by Crippen LogP contribution is -2.63. The van der Waals surface area contributed by atoms with Gasteiger partial charge in [0, 0.05) is 25.7 Å². The number of hydrogen-bond acceptors (Lipinski definition) is 2. The average molecular weight is 301 g/mol. The Bertz CT molecular complexity index is 476. The quantitative estimate of drug-likeness (QED) is 0.926. The molecule has 4 heteroatoms. The number of nitrogens with one attached hydrogen (secondary N) is 1. The molecule has 0 aliphatic carbocycles. The predicted octanol–water partition coefficient (Wildman–Crippen LogP) is 2.35. The van der Waals surface area contributed by atoms with Crippen molar-refractivity contribution in [1.29, 1.82) is 0 Å². The van der Waals surface area contributed by atoms with E-state index in [1.807, 2.05) is 11.8 Å². The molecule has 2 amide bonds. The third-order valence-electron chi connectivity index (χ3n) is 5.01. The van der Waals surface area contributed by atoms with E-state index in [0.29, 0.717) is 12.6 Å². The average Bonchev–Trinajstić information content (AvgIpc) is 2.49. The third-order valence-corrected chi connectivity index (χ3v) is 5.01. The van der Waals surface area contributed by atoms with Crippen molar-refractivity contribution in [3.8, 4) is 0 Å². The number of carbonyl (C=O) groups excluding carboxylic acids is 1. The highest BCUT2D eigenvalue weighted by atomic mass is 16.2. The van der Waals surface area contributed by atoms with Crippen LogP contribution in [0.2, 0.25) is 0 Å². The third kappa shape index (κ3) is 3.61. The second-order valence-electron chi connectivity index (χ2n) is 6.56. The molecule has 0 spiro atoms. The molecule has 2 heterocycles. The lowest BCUT2D eigenvalue weighted by Gasteiger charge is -2.47. The van der Waals surface area contributed by atoms with Gasteiger partial charge in [-0.05, 0) is 50.8 Å². The van der Waals surface area contributed by atoms with Gasteiger partial charge in [-0.1, -0.05) is 30.3 Å². The van der Waals surface area contributed by atoms with Gasteiger partial charge in [-0.2, -0.15) is 0 Å². The molecule has 120 valence electrons. The van der Waals surface area contributed by atoms with Gasteiger partial charge in [0.1, 0.15) is 0 Å². The number of amides is 2. The molecule has 0 unspecified atom stereocenters. The van der Waals surface area contributed by atoms with E-state index in [4.69, 9.17) is 0 Å². The highest BCUT2D eigenvalue weighted by molar-refractivity contribution is 5.75. The molecule has 1 N–H and O–H groups in total. The monoisotopic (exact) mass is 301 g/mol. The first-order valence-corrected chi connectivity index (χ1v) is 8.57. The second-order valence-corrected chi connectivity index (χ2v) is 6.56. The van der Waals surface area contributed by atoms with Crippen LogP contribution < -0.4 is 5.32 Å². The van der Waals surface area contributed by atoms with E-state index < -0.39 is 0 Å². The minimum Gasteiger partial charge on any atom is -0.338 e. The molecule has 1 aromatic carbocycles. The maximum absolute atomic E-state index is 11.7. The van der Waals surface area contributed by atoms with Gasteiger partial charge in [-0.3, -0.25) is 4.90 Å². The molecule has 2 saturated heterocycles. The Labute approximate surface area is 133 Å². The number of hydrogen-bond donors (Lipinski definition) is 1. The van der Waals surface area contributed by atoms with Gasteiger partial charge >= 0.3 is 6.03 Å². The summed E-state index contributed by atoms with van der Waals surface area (Å²) >= 11 is 0. The molecular weight excluding hydrogens is 274 g/mol. The van der Waals surface area contributed by atoms with Crippen LogP contribution in [0.15, 0.2) is 30.3 Å². The Balaban J connectivity index is 1.39. The van der Waals surface area contributed by atoms with Gasteiger partial charge < -0.3 is 10.2 Å². The molecule has 4 nitrogen and oxygen atoms in total. The maximum atomic E-state index is 11.7. The van der Waals surface area contributed by atoms with E-state index in [-0.39, 0.29) is 6.03 Å². The van der Waals surface area contributed by atoms with Gasteiger partial charge in [0.2, 0.25) is 0 Å². The number of nitrogens with zero attached hydrogens (tertiary/aromatic N) is 2. The lowest BCUT2D eigenvalue weighted by atomic mass is 9.89. The normalized spacial score (nSPS) is 20.7. The van der Waals surface area contributed by atoms with Crippen LogP contribution in [0.25, 0.3) is 0 Å². The fourth-order valence-corrected chi connectivity index (χ4v) is 3.58. The van der Waals surface area contributed by atoms with Crippen LogP contribution in [-0.4, -0.2) is 54.6 Å². The highest BCUT2D eigenvalue weighted by Gasteiger charge is 2.36. The van der Waals surface area contributed by atoms with Gasteiger partial charge in [0.05, 0.1) is 0 Å². The van der Waals surface area contributed by atoms with E-state index >= 15 is 0 Å². The molecule has 22 heavy (non-hydrogen) atoms. The van der Waals surface area contributed by atoms with Crippen LogP contribution >= 0.6 is 0 Å². The summed E-state index contributed by atoms with van der Waals surface area (Å²) in [5.74, 6) is 0.818. The van der Waals surface area contributed by atoms with Gasteiger partial charge in [0.25, 0.3) is 0 Å². The molecule has 2 fully saturated rings. The van der Waals surface area contributed by atoms with E-state index in [9.17, 15) is 4.79 Å². The summed E-state index contributed by atoms with van der Waals surface area (Å²) in [7, 11) is 0. The second kappa shape index (κ2) is 7.14. The summed E-state index contributed by atoms with van der Waals surface area (Å²) < 4.78 is 0. The van der Waals surface area contributed by atoms with Crippen molar-refractivity contribution >= 4 is 6.03 Å². The van der Waals surface area contributed by atoms with Crippen LogP contribution in [0.1, 0.15) is 25.3 Å². The van der Waals surface area contributed by atoms with E-state index in [1.54, 1.807) is 0 Å². The fraction of sp³-hybridized carbons (Fsp3) is 0.611. The van der Waals surface area contributed by atoms with E-state index in [1.165, 1.54) is 37.9 Å². The van der Waals surface area contributed by atoms with Crippen LogP contribution in [0.3, 0.4) is 0 Å². The zero-order chi connectivity index (χ0) is 15.4. The molecule has 0 radical (unpaired) electrons. The van der Waals surface area contributed by atoms with Crippen LogP contribution in [0.4, 0.5) is 4.79 Å². The Morgan fingerprint density at radius 2 is 1.86 bits per heavy atom. The minimum atomic E-state index is 0.0951. The maximum Gasteiger partial charge on any atom is 0.317 e. The summed E-state index contributed by atoms with van der Waals surface area (Å²) in [6.07, 6.45) is 3.78. The van der Waals surface area contributed by atoms with Crippen molar-refractivity contribution in [2.75, 3.05) is 32.7 Å². The first-order valence-electron chi connectivity index (χ1n) is 8.57. The molecule has 0 bridgehead atoms. The molecular formula is C18H27N3O. The standard InChI is InChI=1S/C18H27N3O/c1-2-19-18(22)21-13-17(14-21)20-10-8-16(9-11-20)12-15-6-4-3-5-7-15/h3-7,16-17H,2,8-14H2,1H3,(H,19,22). The van der Waals surface area contributed by atoms with Crippen molar-refractivity contribution in [3.63, 3.8) is 0 Å². The number of benzene rings is 1. The Hall–Kier alpha value is -1.55. The summed E-state index contributed by atoms with van der Waals surface area (Å²) in [5, 5.41) is 2.87. The number of piperidine rings is 1. The Morgan fingerprint density at radius 3 is 2.50 bits per heavy atom. The van der Waals surface area contributed by atoms with Crippen molar-refractivity contribution in [1.82, 2.24) is 15.1 Å². The smallest absolute Gasteiger partial charge is 0.317 e. The first-order chi connectivity index (χ1) is 10.8. The van der Waals surface area contributed by atoms with Crippen LogP contribution in [-0.2, 0) is 6.42 Å². The van der Waals surface area contributed by atoms with Crippen molar-refractivity contribution in [2.24, 2.45) is 5.92 Å². The molecule has 1 aromatic rings. The molecule has 2 aliphatic heterocycles. The summed E-state index contributed by atoms with van der Waals surface area (Å²) in [6.45, 7) is 6.85. The van der Waals surface area contributed by atoms with Crippen molar-refractivity contribution in [3.05, 3.63) is 35.9 Å². The minimum absolute atomic E-state index is 0.0951.